The van der Waals surface area contributed by atoms with Crippen LogP contribution in [-0.2, 0) is 14.3 Å². The van der Waals surface area contributed by atoms with Gasteiger partial charge in [0.05, 0.1) is 12.3 Å². The van der Waals surface area contributed by atoms with Gasteiger partial charge in [0.2, 0.25) is 0 Å². The number of carboxylic acids is 2. The Bertz CT molecular complexity index is 936. The molecule has 0 radical (unpaired) electrons. The standard InChI is InChI=1S/C17H22FN3O3.C4H4O4/c1-2-3-10-23-17(22)19-21-8-6-12(7-9-21)16-14-5-4-13(18)11-15(14)24-20-16;5-3(6)1-2-4(7)8/h4-5,11-12H,2-3,6-10H2,1H3,(H,19,22);1-2H,(H,5,6)(H,7,8)/b;2-1+. The van der Waals surface area contributed by atoms with E-state index in [2.05, 4.69) is 10.6 Å². The van der Waals surface area contributed by atoms with Gasteiger partial charge in [-0.15, -0.1) is 0 Å². The summed E-state index contributed by atoms with van der Waals surface area (Å²) in [6.45, 7) is 3.92. The van der Waals surface area contributed by atoms with Crippen LogP contribution in [-0.4, -0.2) is 58.1 Å². The zero-order valence-electron chi connectivity index (χ0n) is 17.6. The molecule has 1 fully saturated rings. The van der Waals surface area contributed by atoms with E-state index in [0.717, 1.165) is 36.8 Å². The first-order chi connectivity index (χ1) is 15.3. The van der Waals surface area contributed by atoms with Crippen LogP contribution in [0.1, 0.15) is 44.2 Å². The van der Waals surface area contributed by atoms with E-state index in [0.29, 0.717) is 37.4 Å². The number of carboxylic acid groups (broad SMARTS) is 2. The summed E-state index contributed by atoms with van der Waals surface area (Å²) >= 11 is 0. The highest BCUT2D eigenvalue weighted by Gasteiger charge is 2.26. The first-order valence-corrected chi connectivity index (χ1v) is 10.2. The molecule has 174 valence electrons. The summed E-state index contributed by atoms with van der Waals surface area (Å²) < 4.78 is 23.6. The third kappa shape index (κ3) is 7.99. The number of piperidine rings is 1. The number of aromatic nitrogens is 1. The van der Waals surface area contributed by atoms with E-state index < -0.39 is 18.0 Å². The summed E-state index contributed by atoms with van der Waals surface area (Å²) in [5.74, 6) is -2.60. The Labute approximate surface area is 183 Å². The van der Waals surface area contributed by atoms with E-state index in [-0.39, 0.29) is 11.7 Å². The van der Waals surface area contributed by atoms with E-state index in [4.69, 9.17) is 19.5 Å². The SMILES string of the molecule is CCCCOC(=O)NN1CCC(c2noc3cc(F)ccc23)CC1.O=C(O)/C=C/C(=O)O. The topological polar surface area (TPSA) is 142 Å². The first kappa shape index (κ1) is 24.8. The molecule has 0 unspecified atom stereocenters. The minimum Gasteiger partial charge on any atom is -0.478 e. The van der Waals surface area contributed by atoms with Crippen molar-refractivity contribution in [1.82, 2.24) is 15.6 Å². The predicted molar refractivity (Wildman–Crippen MR) is 111 cm³/mol. The van der Waals surface area contributed by atoms with Gasteiger partial charge in [-0.05, 0) is 31.4 Å². The van der Waals surface area contributed by atoms with Crippen molar-refractivity contribution >= 4 is 29.0 Å². The molecular formula is C21H26FN3O7. The van der Waals surface area contributed by atoms with Gasteiger partial charge in [0.1, 0.15) is 5.82 Å². The van der Waals surface area contributed by atoms with Gasteiger partial charge >= 0.3 is 18.0 Å². The number of hydrogen-bond acceptors (Lipinski definition) is 7. The molecule has 32 heavy (non-hydrogen) atoms. The maximum atomic E-state index is 13.2. The molecule has 1 amide bonds. The molecule has 0 atom stereocenters. The number of nitrogens with zero attached hydrogens (tertiary/aromatic N) is 2. The smallest absolute Gasteiger partial charge is 0.421 e. The molecule has 2 aromatic rings. The van der Waals surface area contributed by atoms with Crippen LogP contribution in [0.5, 0.6) is 0 Å². The summed E-state index contributed by atoms with van der Waals surface area (Å²) in [4.78, 5) is 30.8. The highest BCUT2D eigenvalue weighted by atomic mass is 19.1. The molecule has 3 N–H and O–H groups in total. The van der Waals surface area contributed by atoms with Gasteiger partial charge < -0.3 is 19.5 Å². The number of ether oxygens (including phenoxy) is 1. The highest BCUT2D eigenvalue weighted by Crippen LogP contribution is 2.32. The van der Waals surface area contributed by atoms with Crippen molar-refractivity contribution in [3.05, 3.63) is 41.9 Å². The number of halogens is 1. The second kappa shape index (κ2) is 12.4. The fraction of sp³-hybridized carbons (Fsp3) is 0.429. The third-order valence-corrected chi connectivity index (χ3v) is 4.69. The maximum absolute atomic E-state index is 13.2. The largest absolute Gasteiger partial charge is 0.478 e. The van der Waals surface area contributed by atoms with Crippen molar-refractivity contribution in [3.8, 4) is 0 Å². The molecule has 3 rings (SSSR count). The van der Waals surface area contributed by atoms with Crippen molar-refractivity contribution in [1.29, 1.82) is 0 Å². The molecule has 2 heterocycles. The van der Waals surface area contributed by atoms with Gasteiger partial charge in [0.25, 0.3) is 0 Å². The number of fused-ring (bicyclic) bond motifs is 1. The van der Waals surface area contributed by atoms with Gasteiger partial charge in [-0.3, -0.25) is 5.43 Å². The molecule has 1 saturated heterocycles. The molecule has 11 heteroatoms. The number of carbonyl (C=O) groups excluding carboxylic acids is 1. The molecular weight excluding hydrogens is 425 g/mol. The van der Waals surface area contributed by atoms with Gasteiger partial charge in [0.15, 0.2) is 5.58 Å². The summed E-state index contributed by atoms with van der Waals surface area (Å²) in [7, 11) is 0. The second-order valence-electron chi connectivity index (χ2n) is 7.08. The Morgan fingerprint density at radius 1 is 1.25 bits per heavy atom. The summed E-state index contributed by atoms with van der Waals surface area (Å²) in [5.41, 5.74) is 4.11. The Morgan fingerprint density at radius 2 is 1.91 bits per heavy atom. The number of hydrogen-bond donors (Lipinski definition) is 3. The van der Waals surface area contributed by atoms with E-state index in [9.17, 15) is 18.8 Å². The van der Waals surface area contributed by atoms with Gasteiger partial charge in [-0.2, -0.15) is 0 Å². The molecule has 0 spiro atoms. The van der Waals surface area contributed by atoms with Crippen LogP contribution >= 0.6 is 0 Å². The van der Waals surface area contributed by atoms with Crippen LogP contribution in [0, 0.1) is 5.82 Å². The molecule has 0 aliphatic carbocycles. The van der Waals surface area contributed by atoms with Crippen LogP contribution in [0.15, 0.2) is 34.9 Å². The van der Waals surface area contributed by atoms with Gasteiger partial charge in [0, 0.05) is 42.6 Å². The monoisotopic (exact) mass is 451 g/mol. The minimum absolute atomic E-state index is 0.242. The predicted octanol–water partition coefficient (Wildman–Crippen LogP) is 3.30. The average molecular weight is 451 g/mol. The van der Waals surface area contributed by atoms with Crippen LogP contribution in [0.25, 0.3) is 11.0 Å². The molecule has 1 aromatic carbocycles. The molecule has 1 aliphatic rings. The average Bonchev–Trinajstić information content (AvgIpc) is 3.16. The number of aliphatic carboxylic acids is 2. The number of unbranched alkanes of at least 4 members (excludes halogenated alkanes) is 1. The molecule has 1 aliphatic heterocycles. The van der Waals surface area contributed by atoms with Crippen molar-refractivity contribution in [2.75, 3.05) is 19.7 Å². The van der Waals surface area contributed by atoms with Crippen LogP contribution < -0.4 is 5.43 Å². The quantitative estimate of drug-likeness (QED) is 0.427. The van der Waals surface area contributed by atoms with Crippen LogP contribution in [0.2, 0.25) is 0 Å². The number of amides is 1. The molecule has 0 bridgehead atoms. The van der Waals surface area contributed by atoms with Crippen LogP contribution in [0.4, 0.5) is 9.18 Å². The summed E-state index contributed by atoms with van der Waals surface area (Å²) in [6, 6.07) is 4.49. The molecule has 0 saturated carbocycles. The van der Waals surface area contributed by atoms with E-state index >= 15 is 0 Å². The number of nitrogens with one attached hydrogen (secondary N) is 1. The van der Waals surface area contributed by atoms with E-state index in [1.165, 1.54) is 12.1 Å². The number of carbonyl (C=O) groups is 3. The first-order valence-electron chi connectivity index (χ1n) is 10.2. The number of hydrazine groups is 1. The Kier molecular flexibility index (Phi) is 9.61. The maximum Gasteiger partial charge on any atom is 0.421 e. The Morgan fingerprint density at radius 3 is 2.50 bits per heavy atom. The zero-order chi connectivity index (χ0) is 23.5. The molecule has 10 nitrogen and oxygen atoms in total. The lowest BCUT2D eigenvalue weighted by atomic mass is 9.92. The summed E-state index contributed by atoms with van der Waals surface area (Å²) in [6.07, 6.45) is 4.26. The van der Waals surface area contributed by atoms with Crippen molar-refractivity contribution in [2.24, 2.45) is 0 Å². The van der Waals surface area contributed by atoms with E-state index in [1.807, 2.05) is 11.9 Å². The third-order valence-electron chi connectivity index (χ3n) is 4.69. The fourth-order valence-corrected chi connectivity index (χ4v) is 3.10. The molecule has 1 aromatic heterocycles. The van der Waals surface area contributed by atoms with Gasteiger partial charge in [-0.25, -0.2) is 23.8 Å². The second-order valence-corrected chi connectivity index (χ2v) is 7.08. The highest BCUT2D eigenvalue weighted by molar-refractivity contribution is 5.89. The lowest BCUT2D eigenvalue weighted by molar-refractivity contribution is -0.134. The number of benzene rings is 1. The Hall–Kier alpha value is -3.47. The van der Waals surface area contributed by atoms with Crippen molar-refractivity contribution < 1.29 is 38.2 Å². The van der Waals surface area contributed by atoms with Gasteiger partial charge in [-0.1, -0.05) is 18.5 Å². The fourth-order valence-electron chi connectivity index (χ4n) is 3.10. The van der Waals surface area contributed by atoms with Crippen molar-refractivity contribution in [2.45, 2.75) is 38.5 Å². The van der Waals surface area contributed by atoms with E-state index in [1.54, 1.807) is 6.07 Å². The Balaban J connectivity index is 0.000000390. The minimum atomic E-state index is -1.26. The van der Waals surface area contributed by atoms with Crippen molar-refractivity contribution in [3.63, 3.8) is 0 Å². The lowest BCUT2D eigenvalue weighted by Crippen LogP contribution is -2.46. The lowest BCUT2D eigenvalue weighted by Gasteiger charge is -2.30. The number of rotatable bonds is 7. The summed E-state index contributed by atoms with van der Waals surface area (Å²) in [5, 5.41) is 22.5. The zero-order valence-corrected chi connectivity index (χ0v) is 17.6. The van der Waals surface area contributed by atoms with Crippen LogP contribution in [0.3, 0.4) is 0 Å². The normalized spacial score (nSPS) is 14.7.